The molecule has 5 heteroatoms. The van der Waals surface area contributed by atoms with Crippen LogP contribution in [0.5, 0.6) is 0 Å². The minimum absolute atomic E-state index is 0.0203. The number of halogens is 1. The Hall–Kier alpha value is -0.320. The van der Waals surface area contributed by atoms with Crippen LogP contribution in [0.4, 0.5) is 0 Å². The minimum atomic E-state index is -0.202. The van der Waals surface area contributed by atoms with Crippen molar-refractivity contribution in [2.24, 2.45) is 0 Å². The van der Waals surface area contributed by atoms with Crippen molar-refractivity contribution < 1.29 is 14.3 Å². The molecule has 98 valence electrons. The van der Waals surface area contributed by atoms with Crippen molar-refractivity contribution in [2.75, 3.05) is 32.7 Å². The summed E-state index contributed by atoms with van der Waals surface area (Å²) in [6.45, 7) is 1.81. The Bertz CT molecular complexity index is 275. The average molecular weight is 262 g/mol. The molecule has 1 atom stereocenters. The van der Waals surface area contributed by atoms with Gasteiger partial charge in [0.25, 0.3) is 0 Å². The lowest BCUT2D eigenvalue weighted by Gasteiger charge is -2.42. The predicted octanol–water partition coefficient (Wildman–Crippen LogP) is 1.41. The van der Waals surface area contributed by atoms with Gasteiger partial charge in [0.15, 0.2) is 0 Å². The topological polar surface area (TPSA) is 38.8 Å². The zero-order chi connectivity index (χ0) is 12.3. The van der Waals surface area contributed by atoms with Gasteiger partial charge >= 0.3 is 0 Å². The number of methoxy groups -OCH3 is 1. The Labute approximate surface area is 107 Å². The smallest absolute Gasteiger partial charge is 0.225 e. The second-order valence-corrected chi connectivity index (χ2v) is 5.20. The molecule has 2 aliphatic rings. The fourth-order valence-corrected chi connectivity index (χ4v) is 2.77. The van der Waals surface area contributed by atoms with E-state index in [1.54, 1.807) is 7.11 Å². The van der Waals surface area contributed by atoms with Crippen LogP contribution in [-0.2, 0) is 14.3 Å². The van der Waals surface area contributed by atoms with Crippen LogP contribution in [0.15, 0.2) is 0 Å². The molecule has 1 amide bonds. The number of alkyl halides is 1. The Balaban J connectivity index is 1.93. The summed E-state index contributed by atoms with van der Waals surface area (Å²) in [5, 5.41) is 0. The lowest BCUT2D eigenvalue weighted by atomic mass is 9.77. The molecule has 0 radical (unpaired) electrons. The molecule has 4 nitrogen and oxygen atoms in total. The molecule has 1 aliphatic carbocycles. The third-order valence-corrected chi connectivity index (χ3v) is 4.25. The maximum absolute atomic E-state index is 12.3. The summed E-state index contributed by atoms with van der Waals surface area (Å²) in [4.78, 5) is 14.1. The predicted molar refractivity (Wildman–Crippen MR) is 65.2 cm³/mol. The lowest BCUT2D eigenvalue weighted by Crippen LogP contribution is -2.53. The molecule has 1 saturated carbocycles. The second-order valence-electron chi connectivity index (χ2n) is 4.89. The molecule has 0 aromatic carbocycles. The number of carbonyl (C=O) groups excluding carboxylic acids is 1. The normalized spacial score (nSPS) is 27.6. The van der Waals surface area contributed by atoms with E-state index >= 15 is 0 Å². The van der Waals surface area contributed by atoms with E-state index in [1.807, 2.05) is 4.90 Å². The van der Waals surface area contributed by atoms with Gasteiger partial charge in [-0.3, -0.25) is 4.79 Å². The highest BCUT2D eigenvalue weighted by Crippen LogP contribution is 2.38. The van der Waals surface area contributed by atoms with E-state index in [2.05, 4.69) is 0 Å². The van der Waals surface area contributed by atoms with E-state index in [0.29, 0.717) is 32.1 Å². The number of nitrogens with zero attached hydrogens (tertiary/aromatic N) is 1. The number of carbonyl (C=O) groups is 1. The van der Waals surface area contributed by atoms with Gasteiger partial charge in [-0.25, -0.2) is 0 Å². The standard InChI is InChI=1S/C12H20ClNO3/c1-16-12(3-2-4-12)7-11(15)14-5-6-17-9-10(14)8-13/h10H,2-9H2,1H3. The second kappa shape index (κ2) is 5.55. The SMILES string of the molecule is COC1(CC(=O)N2CCOCC2CCl)CCC1. The summed E-state index contributed by atoms with van der Waals surface area (Å²) < 4.78 is 10.8. The fraction of sp³-hybridized carbons (Fsp3) is 0.917. The molecular weight excluding hydrogens is 242 g/mol. The first-order chi connectivity index (χ1) is 8.21. The van der Waals surface area contributed by atoms with Gasteiger partial charge in [0.1, 0.15) is 0 Å². The molecule has 17 heavy (non-hydrogen) atoms. The Morgan fingerprint density at radius 3 is 2.88 bits per heavy atom. The number of morpholine rings is 1. The van der Waals surface area contributed by atoms with Crippen LogP contribution in [0, 0.1) is 0 Å². The maximum Gasteiger partial charge on any atom is 0.225 e. The number of amides is 1. The number of hydrogen-bond donors (Lipinski definition) is 0. The first-order valence-electron chi connectivity index (χ1n) is 6.19. The molecule has 0 bridgehead atoms. The Morgan fingerprint density at radius 1 is 1.59 bits per heavy atom. The Morgan fingerprint density at radius 2 is 2.35 bits per heavy atom. The molecule has 0 aromatic heterocycles. The van der Waals surface area contributed by atoms with E-state index in [4.69, 9.17) is 21.1 Å². The van der Waals surface area contributed by atoms with E-state index in [-0.39, 0.29) is 17.6 Å². The van der Waals surface area contributed by atoms with Crippen molar-refractivity contribution in [2.45, 2.75) is 37.3 Å². The highest BCUT2D eigenvalue weighted by atomic mass is 35.5. The lowest BCUT2D eigenvalue weighted by molar-refractivity contribution is -0.151. The molecule has 2 fully saturated rings. The number of ether oxygens (including phenoxy) is 2. The summed E-state index contributed by atoms with van der Waals surface area (Å²) in [6.07, 6.45) is 3.62. The van der Waals surface area contributed by atoms with Gasteiger partial charge < -0.3 is 14.4 Å². The highest BCUT2D eigenvalue weighted by molar-refractivity contribution is 6.18. The van der Waals surface area contributed by atoms with E-state index in [1.165, 1.54) is 0 Å². The summed E-state index contributed by atoms with van der Waals surface area (Å²) in [5.74, 6) is 0.589. The molecule has 0 N–H and O–H groups in total. The van der Waals surface area contributed by atoms with E-state index < -0.39 is 0 Å². The molecule has 1 unspecified atom stereocenters. The van der Waals surface area contributed by atoms with Crippen LogP contribution in [0.1, 0.15) is 25.7 Å². The third kappa shape index (κ3) is 2.75. The van der Waals surface area contributed by atoms with Crippen molar-refractivity contribution in [1.82, 2.24) is 4.90 Å². The number of hydrogen-bond acceptors (Lipinski definition) is 3. The van der Waals surface area contributed by atoms with Crippen molar-refractivity contribution in [3.05, 3.63) is 0 Å². The summed E-state index contributed by atoms with van der Waals surface area (Å²) >= 11 is 5.87. The summed E-state index contributed by atoms with van der Waals surface area (Å²) in [6, 6.07) is 0.0203. The van der Waals surface area contributed by atoms with Crippen LogP contribution in [0.2, 0.25) is 0 Å². The Kier molecular flexibility index (Phi) is 4.28. The third-order valence-electron chi connectivity index (χ3n) is 3.90. The highest BCUT2D eigenvalue weighted by Gasteiger charge is 2.41. The maximum atomic E-state index is 12.3. The van der Waals surface area contributed by atoms with Crippen LogP contribution < -0.4 is 0 Å². The van der Waals surface area contributed by atoms with Crippen molar-refractivity contribution in [1.29, 1.82) is 0 Å². The molecule has 1 aliphatic heterocycles. The zero-order valence-corrected chi connectivity index (χ0v) is 11.0. The average Bonchev–Trinajstić information content (AvgIpc) is 2.33. The van der Waals surface area contributed by atoms with Crippen LogP contribution in [-0.4, -0.2) is 55.2 Å². The molecule has 2 rings (SSSR count). The molecule has 1 heterocycles. The largest absolute Gasteiger partial charge is 0.378 e. The van der Waals surface area contributed by atoms with Gasteiger partial charge in [0, 0.05) is 19.5 Å². The van der Waals surface area contributed by atoms with Crippen LogP contribution >= 0.6 is 11.6 Å². The van der Waals surface area contributed by atoms with Gasteiger partial charge in [-0.15, -0.1) is 11.6 Å². The van der Waals surface area contributed by atoms with E-state index in [9.17, 15) is 4.79 Å². The number of rotatable bonds is 4. The molecule has 0 spiro atoms. The minimum Gasteiger partial charge on any atom is -0.378 e. The van der Waals surface area contributed by atoms with E-state index in [0.717, 1.165) is 19.3 Å². The van der Waals surface area contributed by atoms with Gasteiger partial charge in [-0.05, 0) is 19.3 Å². The van der Waals surface area contributed by atoms with Gasteiger partial charge in [-0.1, -0.05) is 0 Å². The first kappa shape index (κ1) is 13.1. The zero-order valence-electron chi connectivity index (χ0n) is 10.3. The fourth-order valence-electron chi connectivity index (χ4n) is 2.51. The quantitative estimate of drug-likeness (QED) is 0.719. The molecule has 1 saturated heterocycles. The van der Waals surface area contributed by atoms with Crippen molar-refractivity contribution in [3.63, 3.8) is 0 Å². The van der Waals surface area contributed by atoms with Gasteiger partial charge in [-0.2, -0.15) is 0 Å². The first-order valence-corrected chi connectivity index (χ1v) is 6.72. The van der Waals surface area contributed by atoms with Gasteiger partial charge in [0.05, 0.1) is 31.3 Å². The summed E-state index contributed by atoms with van der Waals surface area (Å²) in [7, 11) is 1.70. The van der Waals surface area contributed by atoms with Gasteiger partial charge in [0.2, 0.25) is 5.91 Å². The molecule has 0 aromatic rings. The molecular formula is C12H20ClNO3. The van der Waals surface area contributed by atoms with Crippen molar-refractivity contribution in [3.8, 4) is 0 Å². The monoisotopic (exact) mass is 261 g/mol. The van der Waals surface area contributed by atoms with Crippen molar-refractivity contribution >= 4 is 17.5 Å². The summed E-state index contributed by atoms with van der Waals surface area (Å²) in [5.41, 5.74) is -0.202. The van der Waals surface area contributed by atoms with Crippen LogP contribution in [0.3, 0.4) is 0 Å². The van der Waals surface area contributed by atoms with Crippen LogP contribution in [0.25, 0.3) is 0 Å².